The van der Waals surface area contributed by atoms with E-state index in [1.54, 1.807) is 0 Å². The third-order valence-electron chi connectivity index (χ3n) is 6.39. The van der Waals surface area contributed by atoms with Gasteiger partial charge in [-0.25, -0.2) is 0 Å². The normalized spacial score (nSPS) is 31.7. The summed E-state index contributed by atoms with van der Waals surface area (Å²) in [4.78, 5) is 19.3. The maximum atomic E-state index is 12.9. The van der Waals surface area contributed by atoms with Crippen LogP contribution in [0.1, 0.15) is 19.3 Å². The van der Waals surface area contributed by atoms with Crippen LogP contribution in [0.5, 0.6) is 0 Å². The van der Waals surface area contributed by atoms with Crippen molar-refractivity contribution in [3.8, 4) is 0 Å². The molecule has 3 saturated heterocycles. The number of para-hydroxylation sites is 1. The molecule has 7 heteroatoms. The molecule has 0 spiro atoms. The quantitative estimate of drug-likeness (QED) is 0.811. The summed E-state index contributed by atoms with van der Waals surface area (Å²) in [6, 6.07) is 10.6. The van der Waals surface area contributed by atoms with Crippen molar-refractivity contribution in [3.05, 3.63) is 30.3 Å². The number of ether oxygens (including phenoxy) is 2. The third-order valence-corrected chi connectivity index (χ3v) is 6.39. The molecule has 0 bridgehead atoms. The first-order valence-corrected chi connectivity index (χ1v) is 10.8. The van der Waals surface area contributed by atoms with Crippen LogP contribution >= 0.6 is 0 Å². The zero-order valence-corrected chi connectivity index (χ0v) is 17.3. The minimum atomic E-state index is -0.449. The van der Waals surface area contributed by atoms with Crippen LogP contribution in [-0.4, -0.2) is 98.2 Å². The predicted octanol–water partition coefficient (Wildman–Crippen LogP) is 0.964. The average molecular weight is 404 g/mol. The molecule has 3 aliphatic rings. The molecule has 3 aliphatic heterocycles. The molecule has 7 nitrogen and oxygen atoms in total. The van der Waals surface area contributed by atoms with Gasteiger partial charge in [0.2, 0.25) is 5.91 Å². The van der Waals surface area contributed by atoms with Crippen LogP contribution in [-0.2, 0) is 14.3 Å². The van der Waals surface area contributed by atoms with E-state index in [0.29, 0.717) is 26.2 Å². The minimum Gasteiger partial charge on any atom is -0.389 e. The van der Waals surface area contributed by atoms with Crippen molar-refractivity contribution < 1.29 is 19.4 Å². The lowest BCUT2D eigenvalue weighted by molar-refractivity contribution is -0.157. The number of benzene rings is 1. The highest BCUT2D eigenvalue weighted by Crippen LogP contribution is 2.27. The first-order valence-electron chi connectivity index (χ1n) is 10.8. The van der Waals surface area contributed by atoms with Gasteiger partial charge in [0.25, 0.3) is 0 Å². The molecule has 29 heavy (non-hydrogen) atoms. The molecule has 0 saturated carbocycles. The lowest BCUT2D eigenvalue weighted by Crippen LogP contribution is -2.55. The Labute approximate surface area is 173 Å². The molecule has 1 aromatic rings. The second-order valence-electron chi connectivity index (χ2n) is 8.48. The third kappa shape index (κ3) is 5.09. The van der Waals surface area contributed by atoms with Gasteiger partial charge in [0, 0.05) is 44.5 Å². The smallest absolute Gasteiger partial charge is 0.225 e. The van der Waals surface area contributed by atoms with Crippen molar-refractivity contribution in [1.82, 2.24) is 9.80 Å². The van der Waals surface area contributed by atoms with Crippen molar-refractivity contribution >= 4 is 11.6 Å². The minimum absolute atomic E-state index is 0.0334. The number of amides is 1. The fourth-order valence-corrected chi connectivity index (χ4v) is 4.77. The Hall–Kier alpha value is -1.67. The van der Waals surface area contributed by atoms with Gasteiger partial charge >= 0.3 is 0 Å². The van der Waals surface area contributed by atoms with E-state index >= 15 is 0 Å². The van der Waals surface area contributed by atoms with Gasteiger partial charge in [-0.05, 0) is 32.0 Å². The predicted molar refractivity (Wildman–Crippen MR) is 111 cm³/mol. The van der Waals surface area contributed by atoms with Crippen LogP contribution in [0.2, 0.25) is 0 Å². The van der Waals surface area contributed by atoms with Gasteiger partial charge in [0.05, 0.1) is 37.9 Å². The van der Waals surface area contributed by atoms with Crippen LogP contribution in [0, 0.1) is 0 Å². The molecule has 0 aromatic heterocycles. The summed E-state index contributed by atoms with van der Waals surface area (Å²) in [5.74, 6) is 0.191. The number of aliphatic hydroxyl groups is 1. The SMILES string of the molecule is CN1C[C@@H](O)COC[C@H]2O[C@@H](CC(=O)N3CCN(c4ccccc4)CC3)CC[C@@H]21. The Morgan fingerprint density at radius 3 is 2.62 bits per heavy atom. The number of carbonyl (C=O) groups excluding carboxylic acids is 1. The summed E-state index contributed by atoms with van der Waals surface area (Å²) in [5, 5.41) is 9.92. The van der Waals surface area contributed by atoms with E-state index in [0.717, 1.165) is 39.0 Å². The standard InChI is InChI=1S/C22H33N3O4/c1-23-14-18(26)15-28-16-21-20(23)8-7-19(29-21)13-22(27)25-11-9-24(10-12-25)17-5-3-2-4-6-17/h2-6,18-21,26H,7-16H2,1H3/t18-,19-,20+,21-/m1/s1. The van der Waals surface area contributed by atoms with Crippen LogP contribution in [0.15, 0.2) is 30.3 Å². The number of rotatable bonds is 3. The number of aliphatic hydroxyl groups excluding tert-OH is 1. The molecular weight excluding hydrogens is 370 g/mol. The molecule has 3 heterocycles. The molecule has 160 valence electrons. The highest BCUT2D eigenvalue weighted by atomic mass is 16.5. The Morgan fingerprint density at radius 1 is 1.10 bits per heavy atom. The van der Waals surface area contributed by atoms with Gasteiger partial charge in [-0.1, -0.05) is 18.2 Å². The monoisotopic (exact) mass is 403 g/mol. The van der Waals surface area contributed by atoms with E-state index < -0.39 is 6.10 Å². The van der Waals surface area contributed by atoms with Crippen LogP contribution in [0.25, 0.3) is 0 Å². The van der Waals surface area contributed by atoms with Crippen LogP contribution in [0.4, 0.5) is 5.69 Å². The highest BCUT2D eigenvalue weighted by Gasteiger charge is 2.37. The van der Waals surface area contributed by atoms with E-state index in [1.165, 1.54) is 5.69 Å². The van der Waals surface area contributed by atoms with Gasteiger partial charge in [0.15, 0.2) is 0 Å². The molecular formula is C22H33N3O4. The topological polar surface area (TPSA) is 65.5 Å². The van der Waals surface area contributed by atoms with E-state index in [1.807, 2.05) is 18.0 Å². The number of β-amino-alcohol motifs (C(OH)–C–C–N with tert-alkyl or cyclic N) is 1. The van der Waals surface area contributed by atoms with Crippen LogP contribution in [0.3, 0.4) is 0 Å². The summed E-state index contributed by atoms with van der Waals surface area (Å²) in [5.41, 5.74) is 1.22. The Balaban J connectivity index is 1.26. The van der Waals surface area contributed by atoms with E-state index in [4.69, 9.17) is 9.47 Å². The molecule has 3 fully saturated rings. The van der Waals surface area contributed by atoms with Gasteiger partial charge in [-0.2, -0.15) is 0 Å². The Kier molecular flexibility index (Phi) is 6.70. The van der Waals surface area contributed by atoms with Gasteiger partial charge < -0.3 is 24.4 Å². The Morgan fingerprint density at radius 2 is 1.86 bits per heavy atom. The number of hydrogen-bond acceptors (Lipinski definition) is 6. The van der Waals surface area contributed by atoms with Crippen molar-refractivity contribution in [2.24, 2.45) is 0 Å². The van der Waals surface area contributed by atoms with Crippen molar-refractivity contribution in [3.63, 3.8) is 0 Å². The first-order chi connectivity index (χ1) is 14.1. The van der Waals surface area contributed by atoms with Gasteiger partial charge in [-0.15, -0.1) is 0 Å². The van der Waals surface area contributed by atoms with Gasteiger partial charge in [-0.3, -0.25) is 9.69 Å². The second-order valence-corrected chi connectivity index (χ2v) is 8.48. The zero-order valence-electron chi connectivity index (χ0n) is 17.3. The van der Waals surface area contributed by atoms with Crippen molar-refractivity contribution in [1.29, 1.82) is 0 Å². The van der Waals surface area contributed by atoms with E-state index in [9.17, 15) is 9.90 Å². The van der Waals surface area contributed by atoms with Crippen LogP contribution < -0.4 is 4.90 Å². The first kappa shape index (κ1) is 20.6. The zero-order chi connectivity index (χ0) is 20.2. The summed E-state index contributed by atoms with van der Waals surface area (Å²) < 4.78 is 11.9. The number of hydrogen-bond donors (Lipinski definition) is 1. The number of anilines is 1. The molecule has 0 unspecified atom stereocenters. The fourth-order valence-electron chi connectivity index (χ4n) is 4.77. The lowest BCUT2D eigenvalue weighted by atomic mass is 9.95. The van der Waals surface area contributed by atoms with Gasteiger partial charge in [0.1, 0.15) is 0 Å². The number of likely N-dealkylation sites (N-methyl/N-ethyl adjacent to an activating group) is 1. The summed E-state index contributed by atoms with van der Waals surface area (Å²) >= 11 is 0. The highest BCUT2D eigenvalue weighted by molar-refractivity contribution is 5.77. The largest absolute Gasteiger partial charge is 0.389 e. The number of carbonyl (C=O) groups is 1. The van der Waals surface area contributed by atoms with E-state index in [-0.39, 0.29) is 24.2 Å². The maximum absolute atomic E-state index is 12.9. The molecule has 1 amide bonds. The number of fused-ring (bicyclic) bond motifs is 1. The Bertz CT molecular complexity index is 665. The molecule has 0 aliphatic carbocycles. The molecule has 1 aromatic carbocycles. The molecule has 4 rings (SSSR count). The number of nitrogens with zero attached hydrogens (tertiary/aromatic N) is 3. The summed E-state index contributed by atoms with van der Waals surface area (Å²) in [7, 11) is 2.03. The van der Waals surface area contributed by atoms with E-state index in [2.05, 4.69) is 34.1 Å². The van der Waals surface area contributed by atoms with Crippen molar-refractivity contribution in [2.45, 2.75) is 43.6 Å². The fraction of sp³-hybridized carbons (Fsp3) is 0.682. The summed E-state index contributed by atoms with van der Waals surface area (Å²) in [6.07, 6.45) is 1.76. The number of piperazine rings is 1. The second kappa shape index (κ2) is 9.43. The molecule has 4 atom stereocenters. The summed E-state index contributed by atoms with van der Waals surface area (Å²) in [6.45, 7) is 4.67. The molecule has 0 radical (unpaired) electrons. The maximum Gasteiger partial charge on any atom is 0.225 e. The van der Waals surface area contributed by atoms with Crippen molar-refractivity contribution in [2.75, 3.05) is 57.9 Å². The average Bonchev–Trinajstić information content (AvgIpc) is 2.73. The molecule has 1 N–H and O–H groups in total. The lowest BCUT2D eigenvalue weighted by Gasteiger charge is -2.43.